The zero-order valence-corrected chi connectivity index (χ0v) is 11.0. The zero-order valence-electron chi connectivity index (χ0n) is 10.2. The third-order valence-corrected chi connectivity index (χ3v) is 3.53. The number of thiazole rings is 1. The highest BCUT2D eigenvalue weighted by molar-refractivity contribution is 7.15. The van der Waals surface area contributed by atoms with Gasteiger partial charge in [-0.15, -0.1) is 11.3 Å². The number of hydrogen-bond donors (Lipinski definition) is 1. The summed E-state index contributed by atoms with van der Waals surface area (Å²) in [5.74, 6) is 0.657. The van der Waals surface area contributed by atoms with Gasteiger partial charge in [0.05, 0.1) is 12.8 Å². The molecule has 1 N–H and O–H groups in total. The predicted molar refractivity (Wildman–Crippen MR) is 69.7 cm³/mol. The molecule has 0 unspecified atom stereocenters. The van der Waals surface area contributed by atoms with E-state index in [0.29, 0.717) is 12.4 Å². The Morgan fingerprint density at radius 1 is 1.41 bits per heavy atom. The second-order valence-corrected chi connectivity index (χ2v) is 4.89. The molecule has 0 fully saturated rings. The Morgan fingerprint density at radius 2 is 2.24 bits per heavy atom. The van der Waals surface area contributed by atoms with Gasteiger partial charge in [-0.05, 0) is 19.9 Å². The molecule has 2 rings (SSSR count). The molecule has 4 nitrogen and oxygen atoms in total. The Hall–Kier alpha value is -1.62. The number of pyridine rings is 1. The Bertz CT molecular complexity index is 491. The van der Waals surface area contributed by atoms with E-state index in [4.69, 9.17) is 4.74 Å². The topological polar surface area (TPSA) is 47.0 Å². The first-order valence-corrected chi connectivity index (χ1v) is 6.18. The molecule has 0 spiro atoms. The highest BCUT2D eigenvalue weighted by Gasteiger charge is 2.06. The van der Waals surface area contributed by atoms with Crippen molar-refractivity contribution in [3.8, 4) is 5.88 Å². The summed E-state index contributed by atoms with van der Waals surface area (Å²) in [4.78, 5) is 9.82. The lowest BCUT2D eigenvalue weighted by Crippen LogP contribution is -2.02. The molecule has 90 valence electrons. The fourth-order valence-electron chi connectivity index (χ4n) is 1.46. The van der Waals surface area contributed by atoms with Crippen LogP contribution in [-0.4, -0.2) is 17.1 Å². The summed E-state index contributed by atoms with van der Waals surface area (Å²) in [5, 5.41) is 4.22. The lowest BCUT2D eigenvalue weighted by Gasteiger charge is -2.06. The molecule has 0 amide bonds. The predicted octanol–water partition coefficient (Wildman–Crippen LogP) is 2.78. The van der Waals surface area contributed by atoms with Crippen LogP contribution in [0.15, 0.2) is 18.3 Å². The third-order valence-electron chi connectivity index (χ3n) is 2.50. The molecule has 0 aliphatic heterocycles. The van der Waals surface area contributed by atoms with Crippen LogP contribution in [0.3, 0.4) is 0 Å². The van der Waals surface area contributed by atoms with Crippen LogP contribution in [-0.2, 0) is 6.54 Å². The molecule has 2 aromatic heterocycles. The largest absolute Gasteiger partial charge is 0.481 e. The number of aryl methyl sites for hydroxylation is 2. The number of ether oxygens (including phenoxy) is 1. The Kier molecular flexibility index (Phi) is 3.58. The van der Waals surface area contributed by atoms with Gasteiger partial charge in [-0.2, -0.15) is 0 Å². The van der Waals surface area contributed by atoms with Gasteiger partial charge in [0.15, 0.2) is 5.13 Å². The van der Waals surface area contributed by atoms with Crippen LogP contribution in [0.4, 0.5) is 5.13 Å². The molecule has 0 atom stereocenters. The van der Waals surface area contributed by atoms with Crippen LogP contribution in [0.25, 0.3) is 0 Å². The number of hydrogen-bond acceptors (Lipinski definition) is 5. The fraction of sp³-hybridized carbons (Fsp3) is 0.333. The maximum absolute atomic E-state index is 5.19. The minimum absolute atomic E-state index is 0.657. The Morgan fingerprint density at radius 3 is 2.88 bits per heavy atom. The number of nitrogens with one attached hydrogen (secondary N) is 1. The van der Waals surface area contributed by atoms with Crippen LogP contribution in [0.5, 0.6) is 5.88 Å². The van der Waals surface area contributed by atoms with E-state index in [2.05, 4.69) is 22.2 Å². The summed E-state index contributed by atoms with van der Waals surface area (Å²) in [6.45, 7) is 4.76. The lowest BCUT2D eigenvalue weighted by atomic mass is 10.3. The zero-order chi connectivity index (χ0) is 12.3. The fourth-order valence-corrected chi connectivity index (χ4v) is 2.27. The van der Waals surface area contributed by atoms with E-state index in [1.54, 1.807) is 24.6 Å². The summed E-state index contributed by atoms with van der Waals surface area (Å²) >= 11 is 1.66. The second kappa shape index (κ2) is 5.14. The molecule has 2 aromatic rings. The molecule has 0 radical (unpaired) electrons. The summed E-state index contributed by atoms with van der Waals surface area (Å²) in [6, 6.07) is 3.89. The van der Waals surface area contributed by atoms with Gasteiger partial charge in [0.25, 0.3) is 0 Å². The Balaban J connectivity index is 2.07. The summed E-state index contributed by atoms with van der Waals surface area (Å²) < 4.78 is 5.19. The van der Waals surface area contributed by atoms with Crippen molar-refractivity contribution in [3.63, 3.8) is 0 Å². The van der Waals surface area contributed by atoms with Crippen molar-refractivity contribution in [2.45, 2.75) is 20.4 Å². The smallest absolute Gasteiger partial charge is 0.218 e. The van der Waals surface area contributed by atoms with E-state index in [-0.39, 0.29) is 0 Å². The van der Waals surface area contributed by atoms with Gasteiger partial charge in [0.2, 0.25) is 5.88 Å². The molecule has 2 heterocycles. The summed E-state index contributed by atoms with van der Waals surface area (Å²) in [7, 11) is 1.63. The van der Waals surface area contributed by atoms with Crippen molar-refractivity contribution < 1.29 is 4.74 Å². The van der Waals surface area contributed by atoms with Gasteiger partial charge >= 0.3 is 0 Å². The minimum Gasteiger partial charge on any atom is -0.481 e. The average molecular weight is 249 g/mol. The normalized spacial score (nSPS) is 10.3. The molecule has 17 heavy (non-hydrogen) atoms. The molecule has 5 heteroatoms. The molecule has 0 aliphatic rings. The highest BCUT2D eigenvalue weighted by atomic mass is 32.1. The van der Waals surface area contributed by atoms with Gasteiger partial charge < -0.3 is 10.1 Å². The van der Waals surface area contributed by atoms with Crippen molar-refractivity contribution in [2.75, 3.05) is 12.4 Å². The number of nitrogens with zero attached hydrogens (tertiary/aromatic N) is 2. The third kappa shape index (κ3) is 2.74. The quantitative estimate of drug-likeness (QED) is 0.905. The van der Waals surface area contributed by atoms with E-state index in [9.17, 15) is 0 Å². The van der Waals surface area contributed by atoms with Crippen LogP contribution in [0.1, 0.15) is 16.1 Å². The molecular formula is C12H15N3OS. The average Bonchev–Trinajstić information content (AvgIpc) is 2.66. The monoisotopic (exact) mass is 249 g/mol. The van der Waals surface area contributed by atoms with Gasteiger partial charge in [-0.25, -0.2) is 9.97 Å². The van der Waals surface area contributed by atoms with Crippen molar-refractivity contribution in [1.29, 1.82) is 0 Å². The first-order valence-electron chi connectivity index (χ1n) is 5.36. The van der Waals surface area contributed by atoms with Crippen LogP contribution >= 0.6 is 11.3 Å². The summed E-state index contributed by atoms with van der Waals surface area (Å²) in [5.41, 5.74) is 2.11. The number of aromatic nitrogens is 2. The minimum atomic E-state index is 0.657. The van der Waals surface area contributed by atoms with E-state index in [0.717, 1.165) is 16.4 Å². The van der Waals surface area contributed by atoms with Crippen molar-refractivity contribution in [2.24, 2.45) is 0 Å². The maximum atomic E-state index is 5.19. The van der Waals surface area contributed by atoms with Crippen LogP contribution in [0, 0.1) is 13.8 Å². The maximum Gasteiger partial charge on any atom is 0.218 e. The molecule has 0 bridgehead atoms. The number of methoxy groups -OCH3 is 1. The van der Waals surface area contributed by atoms with E-state index in [1.807, 2.05) is 19.1 Å². The van der Waals surface area contributed by atoms with E-state index in [1.165, 1.54) is 4.88 Å². The SMILES string of the molecule is COc1ncccc1CNc1nc(C)c(C)s1. The van der Waals surface area contributed by atoms with Gasteiger partial charge in [0, 0.05) is 23.2 Å². The molecular weight excluding hydrogens is 234 g/mol. The molecule has 0 aromatic carbocycles. The first-order chi connectivity index (χ1) is 8.20. The standard InChI is InChI=1S/C12H15N3OS/c1-8-9(2)17-12(15-8)14-7-10-5-4-6-13-11(10)16-3/h4-6H,7H2,1-3H3,(H,14,15). The van der Waals surface area contributed by atoms with Crippen LogP contribution < -0.4 is 10.1 Å². The molecule has 0 saturated carbocycles. The molecule has 0 saturated heterocycles. The first kappa shape index (κ1) is 11.9. The van der Waals surface area contributed by atoms with Crippen molar-refractivity contribution >= 4 is 16.5 Å². The lowest BCUT2D eigenvalue weighted by molar-refractivity contribution is 0.393. The number of anilines is 1. The van der Waals surface area contributed by atoms with Crippen molar-refractivity contribution in [3.05, 3.63) is 34.5 Å². The van der Waals surface area contributed by atoms with E-state index < -0.39 is 0 Å². The summed E-state index contributed by atoms with van der Waals surface area (Å²) in [6.07, 6.45) is 1.72. The number of rotatable bonds is 4. The van der Waals surface area contributed by atoms with E-state index >= 15 is 0 Å². The second-order valence-electron chi connectivity index (χ2n) is 3.69. The van der Waals surface area contributed by atoms with Gasteiger partial charge in [0.1, 0.15) is 0 Å². The van der Waals surface area contributed by atoms with Crippen LogP contribution in [0.2, 0.25) is 0 Å². The van der Waals surface area contributed by atoms with Gasteiger partial charge in [-0.1, -0.05) is 6.07 Å². The Labute approximate surface area is 105 Å². The van der Waals surface area contributed by atoms with Gasteiger partial charge in [-0.3, -0.25) is 0 Å². The highest BCUT2D eigenvalue weighted by Crippen LogP contribution is 2.22. The van der Waals surface area contributed by atoms with Crippen molar-refractivity contribution in [1.82, 2.24) is 9.97 Å². The molecule has 0 aliphatic carbocycles.